The van der Waals surface area contributed by atoms with E-state index in [2.05, 4.69) is 15.0 Å². The number of para-hydroxylation sites is 1. The normalized spacial score (nSPS) is 11.1. The zero-order valence-electron chi connectivity index (χ0n) is 16.4. The zero-order valence-corrected chi connectivity index (χ0v) is 16.4. The lowest BCUT2D eigenvalue weighted by Gasteiger charge is -2.23. The van der Waals surface area contributed by atoms with Gasteiger partial charge in [-0.3, -0.25) is 14.7 Å². The van der Waals surface area contributed by atoms with Gasteiger partial charge in [-0.25, -0.2) is 9.97 Å². The molecule has 0 aliphatic rings. The molecule has 1 amide bonds. The third kappa shape index (κ3) is 3.28. The number of amides is 1. The monoisotopic (exact) mass is 393 g/mol. The number of rotatable bonds is 4. The van der Waals surface area contributed by atoms with Gasteiger partial charge < -0.3 is 4.57 Å². The summed E-state index contributed by atoms with van der Waals surface area (Å²) in [5.41, 5.74) is 4.93. The van der Waals surface area contributed by atoms with Gasteiger partial charge >= 0.3 is 0 Å². The Morgan fingerprint density at radius 3 is 2.63 bits per heavy atom. The fourth-order valence-electron chi connectivity index (χ4n) is 3.60. The van der Waals surface area contributed by atoms with Gasteiger partial charge in [0, 0.05) is 28.7 Å². The Labute approximate surface area is 173 Å². The van der Waals surface area contributed by atoms with Crippen LogP contribution in [0, 0.1) is 6.92 Å². The fraction of sp³-hybridized carbons (Fsp3) is 0.0833. The Balaban J connectivity index is 1.57. The molecular weight excluding hydrogens is 374 g/mol. The fourth-order valence-corrected chi connectivity index (χ4v) is 3.60. The smallest absolute Gasteiger partial charge is 0.251 e. The van der Waals surface area contributed by atoms with Crippen LogP contribution in [-0.2, 0) is 11.3 Å². The first-order valence-electron chi connectivity index (χ1n) is 9.70. The molecule has 0 fully saturated rings. The van der Waals surface area contributed by atoms with E-state index in [1.54, 1.807) is 22.0 Å². The summed E-state index contributed by atoms with van der Waals surface area (Å²) in [7, 11) is 0. The average molecular weight is 393 g/mol. The first-order valence-corrected chi connectivity index (χ1v) is 9.70. The summed E-state index contributed by atoms with van der Waals surface area (Å²) >= 11 is 0. The minimum atomic E-state index is -0.0782. The summed E-state index contributed by atoms with van der Waals surface area (Å²) in [6.07, 6.45) is 3.37. The van der Waals surface area contributed by atoms with E-state index in [0.717, 1.165) is 33.5 Å². The topological polar surface area (TPSA) is 63.9 Å². The van der Waals surface area contributed by atoms with Gasteiger partial charge in [0.2, 0.25) is 0 Å². The quantitative estimate of drug-likeness (QED) is 0.446. The second-order valence-corrected chi connectivity index (χ2v) is 7.11. The first kappa shape index (κ1) is 18.0. The van der Waals surface area contributed by atoms with Crippen LogP contribution in [0.4, 0.5) is 11.4 Å². The molecule has 0 N–H and O–H groups in total. The van der Waals surface area contributed by atoms with Crippen LogP contribution in [0.2, 0.25) is 0 Å². The number of pyridine rings is 2. The lowest BCUT2D eigenvalue weighted by atomic mass is 10.1. The van der Waals surface area contributed by atoms with Crippen molar-refractivity contribution in [3.8, 4) is 0 Å². The van der Waals surface area contributed by atoms with E-state index in [1.807, 2.05) is 79.7 Å². The summed E-state index contributed by atoms with van der Waals surface area (Å²) in [6, 6.07) is 23.3. The van der Waals surface area contributed by atoms with E-state index in [9.17, 15) is 4.79 Å². The lowest BCUT2D eigenvalue weighted by Crippen LogP contribution is -2.29. The molecule has 0 saturated heterocycles. The number of benzene rings is 2. The third-order valence-corrected chi connectivity index (χ3v) is 5.01. The summed E-state index contributed by atoms with van der Waals surface area (Å²) in [5.74, 6) is -0.0782. The number of aromatic nitrogens is 4. The van der Waals surface area contributed by atoms with Gasteiger partial charge in [-0.1, -0.05) is 24.3 Å². The van der Waals surface area contributed by atoms with Crippen molar-refractivity contribution < 1.29 is 4.79 Å². The predicted molar refractivity (Wildman–Crippen MR) is 118 cm³/mol. The van der Waals surface area contributed by atoms with Gasteiger partial charge in [-0.15, -0.1) is 0 Å². The van der Waals surface area contributed by atoms with E-state index in [-0.39, 0.29) is 12.5 Å². The number of fused-ring (bicyclic) bond motifs is 2. The molecule has 2 aromatic carbocycles. The number of hydrogen-bond acceptors (Lipinski definition) is 4. The molecule has 0 unspecified atom stereocenters. The van der Waals surface area contributed by atoms with Crippen molar-refractivity contribution in [1.29, 1.82) is 0 Å². The SMILES string of the molecule is Cc1ccc2cc(N(C(=O)Cn3cnc4cccnc43)c3ccccc3)ccc2n1. The Kier molecular flexibility index (Phi) is 4.44. The second-order valence-electron chi connectivity index (χ2n) is 7.11. The van der Waals surface area contributed by atoms with Crippen LogP contribution >= 0.6 is 0 Å². The highest BCUT2D eigenvalue weighted by molar-refractivity contribution is 6.02. The van der Waals surface area contributed by atoms with Gasteiger partial charge in [0.05, 0.1) is 11.8 Å². The minimum absolute atomic E-state index is 0.0782. The Hall–Kier alpha value is -4.06. The van der Waals surface area contributed by atoms with Gasteiger partial charge in [0.15, 0.2) is 5.65 Å². The average Bonchev–Trinajstić information content (AvgIpc) is 3.17. The summed E-state index contributed by atoms with van der Waals surface area (Å²) < 4.78 is 1.78. The largest absolute Gasteiger partial charge is 0.306 e. The van der Waals surface area contributed by atoms with Crippen molar-refractivity contribution in [1.82, 2.24) is 19.5 Å². The standard InChI is InChI=1S/C24H19N5O/c1-17-9-10-18-14-20(11-12-21(18)27-17)29(19-6-3-2-4-7-19)23(30)15-28-16-26-22-8-5-13-25-24(22)28/h2-14,16H,15H2,1H3. The van der Waals surface area contributed by atoms with Crippen LogP contribution in [0.25, 0.3) is 22.1 Å². The number of carbonyl (C=O) groups excluding carboxylic acids is 1. The predicted octanol–water partition coefficient (Wildman–Crippen LogP) is 4.65. The van der Waals surface area contributed by atoms with Crippen LogP contribution in [0.3, 0.4) is 0 Å². The highest BCUT2D eigenvalue weighted by Gasteiger charge is 2.20. The molecule has 0 aliphatic carbocycles. The van der Waals surface area contributed by atoms with Crippen LogP contribution in [0.5, 0.6) is 0 Å². The molecule has 5 rings (SSSR count). The molecular formula is C24H19N5O. The Morgan fingerprint density at radius 2 is 1.77 bits per heavy atom. The first-order chi connectivity index (χ1) is 14.7. The summed E-state index contributed by atoms with van der Waals surface area (Å²) in [5, 5.41) is 0.988. The van der Waals surface area contributed by atoms with Crippen molar-refractivity contribution in [2.75, 3.05) is 4.90 Å². The number of anilines is 2. The lowest BCUT2D eigenvalue weighted by molar-refractivity contribution is -0.118. The van der Waals surface area contributed by atoms with E-state index in [0.29, 0.717) is 5.65 Å². The van der Waals surface area contributed by atoms with Gasteiger partial charge in [-0.05, 0) is 55.5 Å². The molecule has 0 atom stereocenters. The summed E-state index contributed by atoms with van der Waals surface area (Å²) in [6.45, 7) is 2.10. The van der Waals surface area contributed by atoms with E-state index >= 15 is 0 Å². The molecule has 6 nitrogen and oxygen atoms in total. The molecule has 0 spiro atoms. The molecule has 3 aromatic heterocycles. The zero-order chi connectivity index (χ0) is 20.5. The van der Waals surface area contributed by atoms with Gasteiger partial charge in [-0.2, -0.15) is 0 Å². The summed E-state index contributed by atoms with van der Waals surface area (Å²) in [4.78, 5) is 28.5. The number of hydrogen-bond donors (Lipinski definition) is 0. The van der Waals surface area contributed by atoms with E-state index in [4.69, 9.17) is 0 Å². The maximum absolute atomic E-state index is 13.5. The molecule has 3 heterocycles. The Morgan fingerprint density at radius 1 is 0.900 bits per heavy atom. The van der Waals surface area contributed by atoms with Crippen LogP contribution < -0.4 is 4.90 Å². The van der Waals surface area contributed by atoms with Crippen molar-refractivity contribution >= 4 is 39.3 Å². The van der Waals surface area contributed by atoms with Gasteiger partial charge in [0.25, 0.3) is 5.91 Å². The van der Waals surface area contributed by atoms with Crippen molar-refractivity contribution in [2.24, 2.45) is 0 Å². The van der Waals surface area contributed by atoms with Crippen LogP contribution in [0.15, 0.2) is 85.3 Å². The maximum Gasteiger partial charge on any atom is 0.251 e. The highest BCUT2D eigenvalue weighted by atomic mass is 16.2. The number of aryl methyl sites for hydroxylation is 1. The molecule has 0 bridgehead atoms. The number of nitrogens with zero attached hydrogens (tertiary/aromatic N) is 5. The number of carbonyl (C=O) groups is 1. The van der Waals surface area contributed by atoms with Crippen molar-refractivity contribution in [2.45, 2.75) is 13.5 Å². The molecule has 0 aliphatic heterocycles. The number of imidazole rings is 1. The molecule has 0 radical (unpaired) electrons. The minimum Gasteiger partial charge on any atom is -0.306 e. The molecule has 6 heteroatoms. The second kappa shape index (κ2) is 7.40. The molecule has 5 aromatic rings. The van der Waals surface area contributed by atoms with Crippen LogP contribution in [-0.4, -0.2) is 25.4 Å². The Bertz CT molecular complexity index is 1360. The maximum atomic E-state index is 13.5. The van der Waals surface area contributed by atoms with Crippen molar-refractivity contribution in [3.63, 3.8) is 0 Å². The van der Waals surface area contributed by atoms with Crippen LogP contribution in [0.1, 0.15) is 5.69 Å². The van der Waals surface area contributed by atoms with Crippen molar-refractivity contribution in [3.05, 3.63) is 91.0 Å². The highest BCUT2D eigenvalue weighted by Crippen LogP contribution is 2.29. The van der Waals surface area contributed by atoms with E-state index in [1.165, 1.54) is 0 Å². The molecule has 30 heavy (non-hydrogen) atoms. The van der Waals surface area contributed by atoms with Gasteiger partial charge in [0.1, 0.15) is 12.1 Å². The molecule has 0 saturated carbocycles. The third-order valence-electron chi connectivity index (χ3n) is 5.01. The van der Waals surface area contributed by atoms with E-state index < -0.39 is 0 Å². The molecule has 146 valence electrons.